The lowest BCUT2D eigenvalue weighted by molar-refractivity contribution is 0.160. The number of urea groups is 1. The molecule has 2 aliphatic rings. The SMILES string of the molecule is O=C(Nc1ccc(F)cc1F)N1CC2(CCN(Cc3cccc(Cl)c3)CC2)c2cc(F)ccc21. The lowest BCUT2D eigenvalue weighted by Crippen LogP contribution is -2.46. The second-order valence-corrected chi connectivity index (χ2v) is 9.42. The molecule has 4 nitrogen and oxygen atoms in total. The molecule has 5 rings (SSSR count). The Morgan fingerprint density at radius 1 is 0.971 bits per heavy atom. The van der Waals surface area contributed by atoms with Crippen molar-refractivity contribution in [3.05, 3.63) is 94.3 Å². The minimum absolute atomic E-state index is 0.104. The summed E-state index contributed by atoms with van der Waals surface area (Å²) in [6, 6.07) is 14.7. The number of nitrogens with one attached hydrogen (secondary N) is 1. The van der Waals surface area contributed by atoms with E-state index in [2.05, 4.69) is 10.2 Å². The first-order valence-corrected chi connectivity index (χ1v) is 11.5. The van der Waals surface area contributed by atoms with Crippen molar-refractivity contribution in [3.63, 3.8) is 0 Å². The summed E-state index contributed by atoms with van der Waals surface area (Å²) in [7, 11) is 0. The number of likely N-dealkylation sites (tertiary alicyclic amines) is 1. The second-order valence-electron chi connectivity index (χ2n) is 8.99. The molecule has 1 saturated heterocycles. The molecule has 0 unspecified atom stereocenters. The number of rotatable bonds is 3. The average molecular weight is 486 g/mol. The Morgan fingerprint density at radius 2 is 1.71 bits per heavy atom. The van der Waals surface area contributed by atoms with E-state index >= 15 is 0 Å². The number of halogens is 4. The third-order valence-electron chi connectivity index (χ3n) is 6.81. The number of hydrogen-bond acceptors (Lipinski definition) is 2. The number of piperidine rings is 1. The Kier molecular flexibility index (Phi) is 6.00. The van der Waals surface area contributed by atoms with Gasteiger partial charge in [0.2, 0.25) is 0 Å². The van der Waals surface area contributed by atoms with Gasteiger partial charge in [-0.1, -0.05) is 23.7 Å². The van der Waals surface area contributed by atoms with E-state index in [1.165, 1.54) is 23.1 Å². The van der Waals surface area contributed by atoms with Gasteiger partial charge in [-0.25, -0.2) is 18.0 Å². The third-order valence-corrected chi connectivity index (χ3v) is 7.04. The van der Waals surface area contributed by atoms with Crippen molar-refractivity contribution >= 4 is 29.0 Å². The molecule has 0 saturated carbocycles. The molecule has 0 aliphatic carbocycles. The van der Waals surface area contributed by atoms with Crippen molar-refractivity contribution in [1.29, 1.82) is 0 Å². The normalized spacial score (nSPS) is 17.1. The predicted molar refractivity (Wildman–Crippen MR) is 127 cm³/mol. The molecule has 1 spiro atoms. The Labute approximate surface area is 200 Å². The second kappa shape index (κ2) is 8.96. The number of anilines is 2. The Morgan fingerprint density at radius 3 is 2.44 bits per heavy atom. The van der Waals surface area contributed by atoms with Crippen molar-refractivity contribution in [1.82, 2.24) is 4.90 Å². The van der Waals surface area contributed by atoms with Crippen LogP contribution in [-0.2, 0) is 12.0 Å². The summed E-state index contributed by atoms with van der Waals surface area (Å²) in [4.78, 5) is 17.0. The van der Waals surface area contributed by atoms with Crippen molar-refractivity contribution in [3.8, 4) is 0 Å². The molecule has 176 valence electrons. The Hall–Kier alpha value is -3.03. The van der Waals surface area contributed by atoms with Crippen LogP contribution in [0.4, 0.5) is 29.3 Å². The topological polar surface area (TPSA) is 35.6 Å². The molecule has 8 heteroatoms. The Balaban J connectivity index is 1.35. The number of carbonyl (C=O) groups is 1. The maximum Gasteiger partial charge on any atom is 0.326 e. The van der Waals surface area contributed by atoms with E-state index in [1.807, 2.05) is 24.3 Å². The van der Waals surface area contributed by atoms with E-state index in [9.17, 15) is 18.0 Å². The molecular formula is C26H23ClF3N3O. The van der Waals surface area contributed by atoms with Gasteiger partial charge in [0.1, 0.15) is 17.5 Å². The number of amides is 2. The molecular weight excluding hydrogens is 463 g/mol. The fourth-order valence-electron chi connectivity index (χ4n) is 5.06. The summed E-state index contributed by atoms with van der Waals surface area (Å²) in [5.74, 6) is -1.93. The van der Waals surface area contributed by atoms with E-state index in [0.717, 1.165) is 55.7 Å². The predicted octanol–water partition coefficient (Wildman–Crippen LogP) is 6.34. The number of hydrogen-bond donors (Lipinski definition) is 1. The highest BCUT2D eigenvalue weighted by Gasteiger charge is 2.46. The van der Waals surface area contributed by atoms with E-state index in [4.69, 9.17) is 11.6 Å². The quantitative estimate of drug-likeness (QED) is 0.469. The van der Waals surface area contributed by atoms with Gasteiger partial charge >= 0.3 is 6.03 Å². The fourth-order valence-corrected chi connectivity index (χ4v) is 5.27. The summed E-state index contributed by atoms with van der Waals surface area (Å²) in [5.41, 5.74) is 2.05. The maximum atomic E-state index is 14.2. The summed E-state index contributed by atoms with van der Waals surface area (Å²) >= 11 is 6.11. The van der Waals surface area contributed by atoms with Gasteiger partial charge in [-0.05, 0) is 79.5 Å². The number of nitrogens with zero attached hydrogens (tertiary/aromatic N) is 2. The summed E-state index contributed by atoms with van der Waals surface area (Å²) in [5, 5.41) is 3.23. The first kappa shape index (κ1) is 22.7. The molecule has 2 amide bonds. The summed E-state index contributed by atoms with van der Waals surface area (Å²) < 4.78 is 41.6. The number of fused-ring (bicyclic) bond motifs is 2. The monoisotopic (exact) mass is 485 g/mol. The number of carbonyl (C=O) groups excluding carboxylic acids is 1. The zero-order valence-electron chi connectivity index (χ0n) is 18.3. The van der Waals surface area contributed by atoms with E-state index < -0.39 is 17.7 Å². The van der Waals surface area contributed by atoms with Crippen LogP contribution in [0.5, 0.6) is 0 Å². The lowest BCUT2D eigenvalue weighted by atomic mass is 9.74. The largest absolute Gasteiger partial charge is 0.326 e. The minimum atomic E-state index is -0.851. The van der Waals surface area contributed by atoms with Gasteiger partial charge in [0.15, 0.2) is 0 Å². The van der Waals surface area contributed by atoms with Crippen LogP contribution in [0.15, 0.2) is 60.7 Å². The summed E-state index contributed by atoms with van der Waals surface area (Å²) in [6.45, 7) is 2.70. The van der Waals surface area contributed by atoms with E-state index in [-0.39, 0.29) is 16.9 Å². The highest BCUT2D eigenvalue weighted by molar-refractivity contribution is 6.30. The molecule has 3 aromatic carbocycles. The van der Waals surface area contributed by atoms with Crippen LogP contribution >= 0.6 is 11.6 Å². The van der Waals surface area contributed by atoms with Gasteiger partial charge in [-0.2, -0.15) is 0 Å². The standard InChI is InChI=1S/C26H23ClF3N3O/c27-18-3-1-2-17(12-18)15-32-10-8-26(9-11-32)16-33(24-7-5-19(28)13-21(24)26)25(34)31-23-6-4-20(29)14-22(23)30/h1-7,12-14H,8-11,15-16H2,(H,31,34). The van der Waals surface area contributed by atoms with Gasteiger partial charge in [0, 0.05) is 35.3 Å². The van der Waals surface area contributed by atoms with Crippen LogP contribution in [0.25, 0.3) is 0 Å². The van der Waals surface area contributed by atoms with Crippen LogP contribution in [0.1, 0.15) is 24.0 Å². The van der Waals surface area contributed by atoms with Gasteiger partial charge in [0.25, 0.3) is 0 Å². The molecule has 0 atom stereocenters. The van der Waals surface area contributed by atoms with Crippen LogP contribution in [0.2, 0.25) is 5.02 Å². The molecule has 34 heavy (non-hydrogen) atoms. The third kappa shape index (κ3) is 4.38. The fraction of sp³-hybridized carbons (Fsp3) is 0.269. The van der Waals surface area contributed by atoms with Gasteiger partial charge < -0.3 is 5.32 Å². The van der Waals surface area contributed by atoms with Crippen LogP contribution < -0.4 is 10.2 Å². The van der Waals surface area contributed by atoms with Gasteiger partial charge in [0.05, 0.1) is 5.69 Å². The molecule has 0 bridgehead atoms. The van der Waals surface area contributed by atoms with Crippen LogP contribution in [0.3, 0.4) is 0 Å². The molecule has 3 aromatic rings. The summed E-state index contributed by atoms with van der Waals surface area (Å²) in [6.07, 6.45) is 1.50. The Bertz CT molecular complexity index is 1240. The van der Waals surface area contributed by atoms with E-state index in [0.29, 0.717) is 17.3 Å². The van der Waals surface area contributed by atoms with Crippen LogP contribution in [0, 0.1) is 17.5 Å². The van der Waals surface area contributed by atoms with Crippen molar-refractivity contribution in [2.75, 3.05) is 29.9 Å². The van der Waals surface area contributed by atoms with Crippen LogP contribution in [-0.4, -0.2) is 30.6 Å². The molecule has 1 N–H and O–H groups in total. The first-order chi connectivity index (χ1) is 16.3. The van der Waals surface area contributed by atoms with Crippen molar-refractivity contribution in [2.45, 2.75) is 24.8 Å². The minimum Gasteiger partial charge on any atom is -0.305 e. The molecule has 2 heterocycles. The molecule has 0 aromatic heterocycles. The van der Waals surface area contributed by atoms with Crippen molar-refractivity contribution < 1.29 is 18.0 Å². The smallest absolute Gasteiger partial charge is 0.305 e. The number of benzene rings is 3. The van der Waals surface area contributed by atoms with E-state index in [1.54, 1.807) is 6.07 Å². The molecule has 0 radical (unpaired) electrons. The highest BCUT2D eigenvalue weighted by Crippen LogP contribution is 2.47. The average Bonchev–Trinajstić information content (AvgIpc) is 3.11. The zero-order chi connectivity index (χ0) is 23.9. The lowest BCUT2D eigenvalue weighted by Gasteiger charge is -2.40. The van der Waals surface area contributed by atoms with Gasteiger partial charge in [-0.15, -0.1) is 0 Å². The van der Waals surface area contributed by atoms with Gasteiger partial charge in [-0.3, -0.25) is 9.80 Å². The maximum absolute atomic E-state index is 14.2. The highest BCUT2D eigenvalue weighted by atomic mass is 35.5. The molecule has 1 fully saturated rings. The van der Waals surface area contributed by atoms with Crippen molar-refractivity contribution in [2.24, 2.45) is 0 Å². The zero-order valence-corrected chi connectivity index (χ0v) is 19.1. The molecule has 2 aliphatic heterocycles. The first-order valence-electron chi connectivity index (χ1n) is 11.1.